The van der Waals surface area contributed by atoms with Crippen LogP contribution in [0.2, 0.25) is 0 Å². The monoisotopic (exact) mass is 242 g/mol. The number of aromatic nitrogens is 1. The maximum absolute atomic E-state index is 10.6. The second-order valence-corrected chi connectivity index (χ2v) is 3.93. The zero-order valence-electron chi connectivity index (χ0n) is 9.41. The molecule has 0 unspecified atom stereocenters. The third-order valence-corrected chi connectivity index (χ3v) is 2.89. The Morgan fingerprint density at radius 3 is 2.78 bits per heavy atom. The predicted molar refractivity (Wildman–Crippen MR) is 68.0 cm³/mol. The second-order valence-electron chi connectivity index (χ2n) is 3.93. The molecule has 0 spiro atoms. The van der Waals surface area contributed by atoms with Crippen LogP contribution in [-0.4, -0.2) is 16.6 Å². The van der Waals surface area contributed by atoms with E-state index in [4.69, 9.17) is 0 Å². The van der Waals surface area contributed by atoms with Crippen LogP contribution >= 0.6 is 0 Å². The topological polar surface area (TPSA) is 71.3 Å². The number of rotatable bonds is 2. The Kier molecular flexibility index (Phi) is 2.33. The van der Waals surface area contributed by atoms with Crippen LogP contribution in [-0.2, 0) is 0 Å². The molecule has 18 heavy (non-hydrogen) atoms. The minimum absolute atomic E-state index is 0.0980. The molecule has 1 aromatic heterocycles. The van der Waals surface area contributed by atoms with E-state index in [2.05, 4.69) is 10.3 Å². The maximum Gasteiger partial charge on any atom is 0.269 e. The van der Waals surface area contributed by atoms with Crippen molar-refractivity contribution in [3.63, 3.8) is 0 Å². The Labute approximate surface area is 103 Å². The Bertz CT molecular complexity index is 597. The molecular formula is C12H10N4O2. The lowest BCUT2D eigenvalue weighted by Crippen LogP contribution is -2.16. The molecule has 0 saturated heterocycles. The first-order valence-electron chi connectivity index (χ1n) is 5.45. The number of benzene rings is 1. The van der Waals surface area contributed by atoms with Gasteiger partial charge in [0.2, 0.25) is 0 Å². The average Bonchev–Trinajstić information content (AvgIpc) is 2.82. The number of hydrogen-bond donors (Lipinski definition) is 1. The molecule has 0 fully saturated rings. The molecule has 0 atom stereocenters. The van der Waals surface area contributed by atoms with Gasteiger partial charge in [-0.3, -0.25) is 15.1 Å². The van der Waals surface area contributed by atoms with Crippen molar-refractivity contribution < 1.29 is 4.92 Å². The number of anilines is 3. The summed E-state index contributed by atoms with van der Waals surface area (Å²) in [6.45, 7) is 0.638. The summed E-state index contributed by atoms with van der Waals surface area (Å²) in [4.78, 5) is 16.3. The van der Waals surface area contributed by atoms with E-state index in [0.29, 0.717) is 6.67 Å². The number of nitro benzene ring substituents is 1. The molecule has 6 nitrogen and oxygen atoms in total. The summed E-state index contributed by atoms with van der Waals surface area (Å²) < 4.78 is 0. The van der Waals surface area contributed by atoms with Crippen LogP contribution in [0.4, 0.5) is 22.7 Å². The van der Waals surface area contributed by atoms with E-state index in [9.17, 15) is 10.1 Å². The van der Waals surface area contributed by atoms with E-state index in [1.54, 1.807) is 24.5 Å². The van der Waals surface area contributed by atoms with Crippen LogP contribution < -0.4 is 10.2 Å². The van der Waals surface area contributed by atoms with Crippen molar-refractivity contribution in [3.05, 3.63) is 52.8 Å². The second kappa shape index (κ2) is 3.99. The van der Waals surface area contributed by atoms with Crippen LogP contribution in [0.3, 0.4) is 0 Å². The molecule has 2 heterocycles. The van der Waals surface area contributed by atoms with E-state index < -0.39 is 4.92 Å². The first-order chi connectivity index (χ1) is 8.75. The van der Waals surface area contributed by atoms with Gasteiger partial charge in [-0.2, -0.15) is 0 Å². The zero-order valence-corrected chi connectivity index (χ0v) is 9.41. The van der Waals surface area contributed by atoms with Gasteiger partial charge >= 0.3 is 0 Å². The third-order valence-electron chi connectivity index (χ3n) is 2.89. The largest absolute Gasteiger partial charge is 0.364 e. The van der Waals surface area contributed by atoms with Crippen molar-refractivity contribution in [1.29, 1.82) is 0 Å². The van der Waals surface area contributed by atoms with E-state index in [1.807, 2.05) is 11.0 Å². The molecule has 6 heteroatoms. The van der Waals surface area contributed by atoms with Gasteiger partial charge in [-0.05, 0) is 18.2 Å². The van der Waals surface area contributed by atoms with E-state index >= 15 is 0 Å². The van der Waals surface area contributed by atoms with Crippen molar-refractivity contribution in [2.45, 2.75) is 0 Å². The summed E-state index contributed by atoms with van der Waals surface area (Å²) in [5.41, 5.74) is 3.01. The normalized spacial score (nSPS) is 13.0. The highest BCUT2D eigenvalue weighted by Gasteiger charge is 2.20. The molecule has 0 amide bonds. The van der Waals surface area contributed by atoms with Crippen molar-refractivity contribution in [1.82, 2.24) is 4.98 Å². The molecule has 1 N–H and O–H groups in total. The third kappa shape index (κ3) is 1.64. The fraction of sp³-hybridized carbons (Fsp3) is 0.0833. The number of fused-ring (bicyclic) bond motifs is 1. The highest BCUT2D eigenvalue weighted by molar-refractivity contribution is 5.80. The van der Waals surface area contributed by atoms with Gasteiger partial charge in [-0.25, -0.2) is 0 Å². The predicted octanol–water partition coefficient (Wildman–Crippen LogP) is 2.51. The smallest absolute Gasteiger partial charge is 0.269 e. The Morgan fingerprint density at radius 2 is 2.06 bits per heavy atom. The summed E-state index contributed by atoms with van der Waals surface area (Å²) in [5.74, 6) is 0. The number of pyridine rings is 1. The van der Waals surface area contributed by atoms with Gasteiger partial charge in [0, 0.05) is 24.0 Å². The van der Waals surface area contributed by atoms with Crippen LogP contribution in [0, 0.1) is 10.1 Å². The van der Waals surface area contributed by atoms with Crippen LogP contribution in [0.15, 0.2) is 42.7 Å². The molecule has 1 aliphatic heterocycles. The number of nitrogens with one attached hydrogen (secondary N) is 1. The molecule has 0 radical (unpaired) electrons. The Hall–Kier alpha value is -2.63. The standard InChI is InChI=1S/C12H10N4O2/c17-16(18)10-3-1-9(2-4-10)15-8-14-11-7-13-6-5-12(11)15/h1-7,14H,8H2. The van der Waals surface area contributed by atoms with Gasteiger partial charge < -0.3 is 10.2 Å². The molecule has 2 aromatic rings. The quantitative estimate of drug-likeness (QED) is 0.647. The highest BCUT2D eigenvalue weighted by atomic mass is 16.6. The zero-order chi connectivity index (χ0) is 12.5. The maximum atomic E-state index is 10.6. The summed E-state index contributed by atoms with van der Waals surface area (Å²) in [5, 5.41) is 13.8. The molecule has 1 aromatic carbocycles. The molecule has 0 saturated carbocycles. The Morgan fingerprint density at radius 1 is 1.28 bits per heavy atom. The summed E-state index contributed by atoms with van der Waals surface area (Å²) in [6, 6.07) is 8.42. The van der Waals surface area contributed by atoms with Gasteiger partial charge in [-0.15, -0.1) is 0 Å². The molecule has 1 aliphatic rings. The minimum Gasteiger partial charge on any atom is -0.364 e. The first kappa shape index (κ1) is 10.5. The van der Waals surface area contributed by atoms with Gasteiger partial charge in [0.15, 0.2) is 0 Å². The average molecular weight is 242 g/mol. The minimum atomic E-state index is -0.399. The number of nitro groups is 1. The van der Waals surface area contributed by atoms with E-state index in [0.717, 1.165) is 17.1 Å². The van der Waals surface area contributed by atoms with Crippen LogP contribution in [0.1, 0.15) is 0 Å². The van der Waals surface area contributed by atoms with Crippen molar-refractivity contribution in [3.8, 4) is 0 Å². The summed E-state index contributed by atoms with van der Waals surface area (Å²) >= 11 is 0. The molecule has 3 rings (SSSR count). The number of non-ortho nitro benzene ring substituents is 1. The lowest BCUT2D eigenvalue weighted by atomic mass is 10.2. The number of nitrogens with zero attached hydrogens (tertiary/aromatic N) is 3. The van der Waals surface area contributed by atoms with E-state index in [1.165, 1.54) is 12.1 Å². The van der Waals surface area contributed by atoms with Crippen molar-refractivity contribution >= 4 is 22.7 Å². The van der Waals surface area contributed by atoms with Gasteiger partial charge in [0.25, 0.3) is 5.69 Å². The molecular weight excluding hydrogens is 232 g/mol. The lowest BCUT2D eigenvalue weighted by molar-refractivity contribution is -0.384. The number of hydrogen-bond acceptors (Lipinski definition) is 5. The Balaban J connectivity index is 1.95. The lowest BCUT2D eigenvalue weighted by Gasteiger charge is -2.17. The summed E-state index contributed by atoms with van der Waals surface area (Å²) in [7, 11) is 0. The van der Waals surface area contributed by atoms with Gasteiger partial charge in [0.1, 0.15) is 0 Å². The fourth-order valence-corrected chi connectivity index (χ4v) is 1.99. The van der Waals surface area contributed by atoms with E-state index in [-0.39, 0.29) is 5.69 Å². The molecule has 90 valence electrons. The highest BCUT2D eigenvalue weighted by Crippen LogP contribution is 2.36. The fourth-order valence-electron chi connectivity index (χ4n) is 1.99. The SMILES string of the molecule is O=[N+]([O-])c1ccc(N2CNc3cnccc32)cc1. The molecule has 0 bridgehead atoms. The molecule has 0 aliphatic carbocycles. The summed E-state index contributed by atoms with van der Waals surface area (Å²) in [6.07, 6.45) is 3.49. The van der Waals surface area contributed by atoms with Gasteiger partial charge in [0.05, 0.1) is 29.2 Å². The van der Waals surface area contributed by atoms with Crippen molar-refractivity contribution in [2.24, 2.45) is 0 Å². The van der Waals surface area contributed by atoms with Gasteiger partial charge in [-0.1, -0.05) is 0 Å². The van der Waals surface area contributed by atoms with Crippen LogP contribution in [0.5, 0.6) is 0 Å². The van der Waals surface area contributed by atoms with Crippen LogP contribution in [0.25, 0.3) is 0 Å². The first-order valence-corrected chi connectivity index (χ1v) is 5.45. The van der Waals surface area contributed by atoms with Crippen molar-refractivity contribution in [2.75, 3.05) is 16.9 Å².